The molecule has 35 heavy (non-hydrogen) atoms. The summed E-state index contributed by atoms with van der Waals surface area (Å²) in [6, 6.07) is 24.0. The van der Waals surface area contributed by atoms with Gasteiger partial charge in [-0.15, -0.1) is 0 Å². The van der Waals surface area contributed by atoms with Crippen molar-refractivity contribution in [3.8, 4) is 5.75 Å². The molecule has 0 aromatic heterocycles. The standard InChI is InChI=1S/C27H26BrN3O3S/c1-34-23-15-13-22(14-16-23)31-26(33)24(18-25(32)29-21-11-9-20(28)10-12-21)30(27(31)35)17-5-8-19-6-3-2-4-7-19/h2-4,6-7,9-16,24H,5,8,17-18H2,1H3,(H,29,32). The van der Waals surface area contributed by atoms with Crippen molar-refractivity contribution < 1.29 is 14.3 Å². The number of hydrogen-bond acceptors (Lipinski definition) is 4. The van der Waals surface area contributed by atoms with Crippen molar-refractivity contribution in [3.63, 3.8) is 0 Å². The van der Waals surface area contributed by atoms with Crippen LogP contribution in [-0.2, 0) is 16.0 Å². The summed E-state index contributed by atoms with van der Waals surface area (Å²) in [5.41, 5.74) is 2.55. The Morgan fingerprint density at radius 1 is 1.03 bits per heavy atom. The Bertz CT molecular complexity index is 1190. The van der Waals surface area contributed by atoms with Crippen molar-refractivity contribution in [2.75, 3.05) is 23.9 Å². The molecular formula is C27H26BrN3O3S. The number of methoxy groups -OCH3 is 1. The van der Waals surface area contributed by atoms with E-state index in [9.17, 15) is 9.59 Å². The Labute approximate surface area is 219 Å². The summed E-state index contributed by atoms with van der Waals surface area (Å²) in [6.07, 6.45) is 1.67. The summed E-state index contributed by atoms with van der Waals surface area (Å²) in [4.78, 5) is 29.8. The van der Waals surface area contributed by atoms with Crippen molar-refractivity contribution in [1.82, 2.24) is 4.90 Å². The second-order valence-corrected chi connectivity index (χ2v) is 9.49. The molecule has 3 aromatic rings. The average molecular weight is 552 g/mol. The monoisotopic (exact) mass is 551 g/mol. The van der Waals surface area contributed by atoms with E-state index in [4.69, 9.17) is 17.0 Å². The molecular weight excluding hydrogens is 526 g/mol. The minimum absolute atomic E-state index is 0.00697. The highest BCUT2D eigenvalue weighted by Crippen LogP contribution is 2.29. The van der Waals surface area contributed by atoms with E-state index in [0.717, 1.165) is 17.3 Å². The van der Waals surface area contributed by atoms with Crippen molar-refractivity contribution in [2.24, 2.45) is 0 Å². The molecule has 1 heterocycles. The summed E-state index contributed by atoms with van der Waals surface area (Å²) in [5, 5.41) is 3.30. The molecule has 1 fully saturated rings. The Kier molecular flexibility index (Phi) is 8.15. The van der Waals surface area contributed by atoms with Gasteiger partial charge in [0.2, 0.25) is 5.91 Å². The number of hydrogen-bond donors (Lipinski definition) is 1. The van der Waals surface area contributed by atoms with Gasteiger partial charge in [-0.05, 0) is 79.2 Å². The smallest absolute Gasteiger partial charge is 0.256 e. The first-order valence-electron chi connectivity index (χ1n) is 11.3. The second kappa shape index (κ2) is 11.5. The van der Waals surface area contributed by atoms with Crippen LogP contribution < -0.4 is 15.0 Å². The third-order valence-electron chi connectivity index (χ3n) is 5.86. The number of anilines is 2. The fourth-order valence-corrected chi connectivity index (χ4v) is 4.75. The van der Waals surface area contributed by atoms with E-state index in [1.54, 1.807) is 31.4 Å². The van der Waals surface area contributed by atoms with Crippen LogP contribution in [0.4, 0.5) is 11.4 Å². The van der Waals surface area contributed by atoms with E-state index in [1.807, 2.05) is 47.4 Å². The largest absolute Gasteiger partial charge is 0.497 e. The zero-order valence-corrected chi connectivity index (χ0v) is 21.7. The van der Waals surface area contributed by atoms with Crippen molar-refractivity contribution in [2.45, 2.75) is 25.3 Å². The third-order valence-corrected chi connectivity index (χ3v) is 6.81. The fourth-order valence-electron chi connectivity index (χ4n) is 4.08. The first kappa shape index (κ1) is 24.9. The molecule has 1 saturated heterocycles. The van der Waals surface area contributed by atoms with Crippen LogP contribution in [0.5, 0.6) is 5.75 Å². The zero-order valence-electron chi connectivity index (χ0n) is 19.3. The number of carbonyl (C=O) groups is 2. The van der Waals surface area contributed by atoms with Crippen molar-refractivity contribution in [1.29, 1.82) is 0 Å². The van der Waals surface area contributed by atoms with Gasteiger partial charge in [0.05, 0.1) is 19.2 Å². The molecule has 0 spiro atoms. The Balaban J connectivity index is 1.51. The van der Waals surface area contributed by atoms with Gasteiger partial charge in [0.15, 0.2) is 5.11 Å². The van der Waals surface area contributed by atoms with E-state index in [-0.39, 0.29) is 18.2 Å². The van der Waals surface area contributed by atoms with E-state index < -0.39 is 6.04 Å². The first-order chi connectivity index (χ1) is 17.0. The molecule has 1 aliphatic heterocycles. The molecule has 4 rings (SSSR count). The fraction of sp³-hybridized carbons (Fsp3) is 0.222. The molecule has 1 unspecified atom stereocenters. The van der Waals surface area contributed by atoms with Gasteiger partial charge in [0.25, 0.3) is 5.91 Å². The van der Waals surface area contributed by atoms with Crippen LogP contribution in [0.1, 0.15) is 18.4 Å². The first-order valence-corrected chi connectivity index (χ1v) is 12.5. The van der Waals surface area contributed by atoms with Gasteiger partial charge in [-0.3, -0.25) is 14.5 Å². The van der Waals surface area contributed by atoms with Crippen LogP contribution in [0.2, 0.25) is 0 Å². The second-order valence-electron chi connectivity index (χ2n) is 8.21. The normalized spacial score (nSPS) is 15.4. The lowest BCUT2D eigenvalue weighted by molar-refractivity contribution is -0.124. The number of aryl methyl sites for hydroxylation is 1. The molecule has 6 nitrogen and oxygen atoms in total. The molecule has 8 heteroatoms. The van der Waals surface area contributed by atoms with Crippen molar-refractivity contribution >= 4 is 56.4 Å². The van der Waals surface area contributed by atoms with Gasteiger partial charge in [-0.25, -0.2) is 0 Å². The highest BCUT2D eigenvalue weighted by atomic mass is 79.9. The number of rotatable bonds is 9. The average Bonchev–Trinajstić information content (AvgIpc) is 3.10. The molecule has 1 atom stereocenters. The van der Waals surface area contributed by atoms with Gasteiger partial charge >= 0.3 is 0 Å². The van der Waals surface area contributed by atoms with Gasteiger partial charge < -0.3 is 15.0 Å². The SMILES string of the molecule is COc1ccc(N2C(=O)C(CC(=O)Nc3ccc(Br)cc3)N(CCCc3ccccc3)C2=S)cc1. The number of carbonyl (C=O) groups excluding carboxylic acids is 2. The predicted molar refractivity (Wildman–Crippen MR) is 146 cm³/mol. The highest BCUT2D eigenvalue weighted by Gasteiger charge is 2.43. The summed E-state index contributed by atoms with van der Waals surface area (Å²) in [6.45, 7) is 0.572. The molecule has 0 aliphatic carbocycles. The Hall–Kier alpha value is -3.23. The molecule has 3 aromatic carbocycles. The van der Waals surface area contributed by atoms with Crippen LogP contribution in [0.15, 0.2) is 83.3 Å². The summed E-state index contributed by atoms with van der Waals surface area (Å²) in [5.74, 6) is 0.250. The van der Waals surface area contributed by atoms with Gasteiger partial charge in [-0.1, -0.05) is 46.3 Å². The van der Waals surface area contributed by atoms with Crippen LogP contribution in [0.3, 0.4) is 0 Å². The topological polar surface area (TPSA) is 61.9 Å². The number of thiocarbonyl (C=S) groups is 1. The number of nitrogens with zero attached hydrogens (tertiary/aromatic N) is 2. The number of nitrogens with one attached hydrogen (secondary N) is 1. The summed E-state index contributed by atoms with van der Waals surface area (Å²) in [7, 11) is 1.59. The molecule has 180 valence electrons. The lowest BCUT2D eigenvalue weighted by atomic mass is 10.1. The van der Waals surface area contributed by atoms with Gasteiger partial charge in [-0.2, -0.15) is 0 Å². The zero-order chi connectivity index (χ0) is 24.8. The Morgan fingerprint density at radius 3 is 2.37 bits per heavy atom. The molecule has 0 saturated carbocycles. The molecule has 1 aliphatic rings. The molecule has 2 amide bonds. The number of amides is 2. The number of benzene rings is 3. The van der Waals surface area contributed by atoms with Crippen LogP contribution in [0.25, 0.3) is 0 Å². The summed E-state index contributed by atoms with van der Waals surface area (Å²) >= 11 is 9.14. The van der Waals surface area contributed by atoms with Crippen LogP contribution in [-0.4, -0.2) is 41.5 Å². The molecule has 1 N–H and O–H groups in total. The van der Waals surface area contributed by atoms with E-state index in [0.29, 0.717) is 28.8 Å². The highest BCUT2D eigenvalue weighted by molar-refractivity contribution is 9.10. The maximum absolute atomic E-state index is 13.5. The lowest BCUT2D eigenvalue weighted by Gasteiger charge is -2.24. The summed E-state index contributed by atoms with van der Waals surface area (Å²) < 4.78 is 6.16. The third kappa shape index (κ3) is 6.07. The van der Waals surface area contributed by atoms with Crippen molar-refractivity contribution in [3.05, 3.63) is 88.9 Å². The maximum Gasteiger partial charge on any atom is 0.256 e. The number of halogens is 1. The lowest BCUT2D eigenvalue weighted by Crippen LogP contribution is -2.38. The van der Waals surface area contributed by atoms with Crippen LogP contribution >= 0.6 is 28.1 Å². The van der Waals surface area contributed by atoms with E-state index in [2.05, 4.69) is 33.4 Å². The molecule has 0 radical (unpaired) electrons. The van der Waals surface area contributed by atoms with E-state index in [1.165, 1.54) is 10.5 Å². The Morgan fingerprint density at radius 2 is 1.71 bits per heavy atom. The van der Waals surface area contributed by atoms with E-state index >= 15 is 0 Å². The predicted octanol–water partition coefficient (Wildman–Crippen LogP) is 5.42. The minimum atomic E-state index is -0.671. The van der Waals surface area contributed by atoms with Gasteiger partial charge in [0, 0.05) is 16.7 Å². The maximum atomic E-state index is 13.5. The number of ether oxygens (including phenoxy) is 1. The quantitative estimate of drug-likeness (QED) is 0.360. The van der Waals surface area contributed by atoms with Gasteiger partial charge in [0.1, 0.15) is 11.8 Å². The minimum Gasteiger partial charge on any atom is -0.497 e. The molecule has 0 bridgehead atoms. The van der Waals surface area contributed by atoms with Crippen LogP contribution in [0, 0.1) is 0 Å².